The minimum atomic E-state index is -0.769. The van der Waals surface area contributed by atoms with E-state index in [-0.39, 0.29) is 6.42 Å². The summed E-state index contributed by atoms with van der Waals surface area (Å²) in [5.74, 6) is 0.0174. The number of methoxy groups -OCH3 is 1. The number of benzene rings is 1. The normalized spacial score (nSPS) is 10.7. The van der Waals surface area contributed by atoms with Crippen molar-refractivity contribution in [2.45, 2.75) is 26.4 Å². The zero-order valence-corrected chi connectivity index (χ0v) is 11.6. The minimum absolute atomic E-state index is 0.159. The Balaban J connectivity index is 2.71. The molecular weight excluding hydrogens is 244 g/mol. The fourth-order valence-electron chi connectivity index (χ4n) is 1.92. The number of carboxylic acid groups (broad SMARTS) is 1. The van der Waals surface area contributed by atoms with Crippen LogP contribution in [0.5, 0.6) is 5.75 Å². The van der Waals surface area contributed by atoms with Gasteiger partial charge in [0.1, 0.15) is 5.75 Å². The van der Waals surface area contributed by atoms with Gasteiger partial charge < -0.3 is 15.6 Å². The number of aliphatic carboxylic acids is 1. The summed E-state index contributed by atoms with van der Waals surface area (Å²) in [6, 6.07) is 5.93. The van der Waals surface area contributed by atoms with Gasteiger partial charge in [-0.3, -0.25) is 9.69 Å². The third-order valence-electron chi connectivity index (χ3n) is 3.07. The van der Waals surface area contributed by atoms with E-state index in [4.69, 9.17) is 15.6 Å². The summed E-state index contributed by atoms with van der Waals surface area (Å²) in [6.07, 6.45) is 0.159. The Hall–Kier alpha value is -1.59. The van der Waals surface area contributed by atoms with Crippen LogP contribution in [0.1, 0.15) is 24.5 Å². The molecule has 0 aliphatic heterocycles. The highest BCUT2D eigenvalue weighted by molar-refractivity contribution is 5.66. The van der Waals surface area contributed by atoms with Crippen LogP contribution in [0.15, 0.2) is 18.2 Å². The third-order valence-corrected chi connectivity index (χ3v) is 3.07. The van der Waals surface area contributed by atoms with Crippen LogP contribution in [0.2, 0.25) is 0 Å². The molecule has 0 unspecified atom stereocenters. The number of nitrogens with zero attached hydrogens (tertiary/aromatic N) is 1. The van der Waals surface area contributed by atoms with Gasteiger partial charge in [0.15, 0.2) is 0 Å². The van der Waals surface area contributed by atoms with Crippen molar-refractivity contribution in [3.63, 3.8) is 0 Å². The molecule has 3 N–H and O–H groups in total. The smallest absolute Gasteiger partial charge is 0.304 e. The van der Waals surface area contributed by atoms with Crippen molar-refractivity contribution in [1.82, 2.24) is 4.90 Å². The minimum Gasteiger partial charge on any atom is -0.496 e. The van der Waals surface area contributed by atoms with Gasteiger partial charge >= 0.3 is 5.97 Å². The molecule has 19 heavy (non-hydrogen) atoms. The Morgan fingerprint density at radius 1 is 1.47 bits per heavy atom. The van der Waals surface area contributed by atoms with Crippen molar-refractivity contribution in [1.29, 1.82) is 0 Å². The van der Waals surface area contributed by atoms with Crippen LogP contribution in [-0.2, 0) is 17.9 Å². The first kappa shape index (κ1) is 15.5. The van der Waals surface area contributed by atoms with Gasteiger partial charge in [-0.2, -0.15) is 0 Å². The fourth-order valence-corrected chi connectivity index (χ4v) is 1.92. The van der Waals surface area contributed by atoms with Crippen molar-refractivity contribution in [3.8, 4) is 5.75 Å². The predicted molar refractivity (Wildman–Crippen MR) is 74.1 cm³/mol. The number of nitrogens with two attached hydrogens (primary N) is 1. The van der Waals surface area contributed by atoms with Gasteiger partial charge in [0.05, 0.1) is 13.5 Å². The average Bonchev–Trinajstić information content (AvgIpc) is 2.42. The molecule has 1 aromatic carbocycles. The molecular formula is C14H22N2O3. The Morgan fingerprint density at radius 3 is 2.74 bits per heavy atom. The predicted octanol–water partition coefficient (Wildman–Crippen LogP) is 1.45. The molecule has 5 heteroatoms. The van der Waals surface area contributed by atoms with Gasteiger partial charge in [0, 0.05) is 25.2 Å². The van der Waals surface area contributed by atoms with Crippen LogP contribution in [0, 0.1) is 0 Å². The lowest BCUT2D eigenvalue weighted by Gasteiger charge is -2.20. The molecule has 5 nitrogen and oxygen atoms in total. The Labute approximate surface area is 114 Å². The van der Waals surface area contributed by atoms with E-state index in [1.165, 1.54) is 0 Å². The Morgan fingerprint density at radius 2 is 2.21 bits per heavy atom. The Kier molecular flexibility index (Phi) is 6.32. The fraction of sp³-hybridized carbons (Fsp3) is 0.500. The first-order valence-electron chi connectivity index (χ1n) is 6.40. The zero-order chi connectivity index (χ0) is 14.3. The van der Waals surface area contributed by atoms with Gasteiger partial charge in [-0.1, -0.05) is 19.1 Å². The molecule has 0 saturated heterocycles. The summed E-state index contributed by atoms with van der Waals surface area (Å²) in [5, 5.41) is 8.71. The summed E-state index contributed by atoms with van der Waals surface area (Å²) in [5.41, 5.74) is 7.70. The number of carbonyl (C=O) groups is 1. The van der Waals surface area contributed by atoms with Crippen molar-refractivity contribution < 1.29 is 14.6 Å². The first-order chi connectivity index (χ1) is 9.10. The Bertz CT molecular complexity index is 421. The van der Waals surface area contributed by atoms with Crippen LogP contribution in [0.3, 0.4) is 0 Å². The van der Waals surface area contributed by atoms with Crippen LogP contribution in [0.25, 0.3) is 0 Å². The molecule has 0 aliphatic rings. The number of rotatable bonds is 8. The summed E-state index contributed by atoms with van der Waals surface area (Å²) >= 11 is 0. The maximum atomic E-state index is 10.6. The van der Waals surface area contributed by atoms with Gasteiger partial charge in [-0.15, -0.1) is 0 Å². The van der Waals surface area contributed by atoms with Crippen LogP contribution in [0.4, 0.5) is 0 Å². The second kappa shape index (κ2) is 7.76. The lowest BCUT2D eigenvalue weighted by Crippen LogP contribution is -2.25. The van der Waals surface area contributed by atoms with Crippen molar-refractivity contribution in [3.05, 3.63) is 29.3 Å². The first-order valence-corrected chi connectivity index (χ1v) is 6.40. The van der Waals surface area contributed by atoms with Crippen LogP contribution >= 0.6 is 0 Å². The lowest BCUT2D eigenvalue weighted by molar-refractivity contribution is -0.137. The number of carboxylic acids is 1. The van der Waals surface area contributed by atoms with E-state index in [1.807, 2.05) is 25.1 Å². The number of hydrogen-bond donors (Lipinski definition) is 2. The van der Waals surface area contributed by atoms with Crippen LogP contribution in [-0.4, -0.2) is 36.2 Å². The van der Waals surface area contributed by atoms with E-state index in [1.54, 1.807) is 7.11 Å². The third kappa shape index (κ3) is 4.89. The molecule has 106 valence electrons. The molecule has 0 fully saturated rings. The van der Waals surface area contributed by atoms with E-state index >= 15 is 0 Å². The number of hydrogen-bond acceptors (Lipinski definition) is 4. The van der Waals surface area contributed by atoms with Gasteiger partial charge in [-0.25, -0.2) is 0 Å². The standard InChI is InChI=1S/C14H22N2O3/c1-3-16(7-6-14(17)18)10-11-4-5-12(9-15)13(8-11)19-2/h4-5,8H,3,6-7,9-10,15H2,1-2H3,(H,17,18). The van der Waals surface area contributed by atoms with Gasteiger partial charge in [-0.05, 0) is 18.2 Å². The number of ether oxygens (including phenoxy) is 1. The van der Waals surface area contributed by atoms with Crippen LogP contribution < -0.4 is 10.5 Å². The highest BCUT2D eigenvalue weighted by Crippen LogP contribution is 2.20. The zero-order valence-electron chi connectivity index (χ0n) is 11.6. The van der Waals surface area contributed by atoms with Crippen molar-refractivity contribution in [2.75, 3.05) is 20.2 Å². The average molecular weight is 266 g/mol. The molecule has 0 saturated carbocycles. The van der Waals surface area contributed by atoms with Gasteiger partial charge in [0.25, 0.3) is 0 Å². The summed E-state index contributed by atoms with van der Waals surface area (Å²) < 4.78 is 5.30. The maximum absolute atomic E-state index is 10.6. The summed E-state index contributed by atoms with van der Waals surface area (Å²) in [6.45, 7) is 4.54. The SMILES string of the molecule is CCN(CCC(=O)O)Cc1ccc(CN)c(OC)c1. The van der Waals surface area contributed by atoms with E-state index in [0.29, 0.717) is 19.6 Å². The van der Waals surface area contributed by atoms with E-state index < -0.39 is 5.97 Å². The largest absolute Gasteiger partial charge is 0.496 e. The van der Waals surface area contributed by atoms with E-state index in [2.05, 4.69) is 4.90 Å². The topological polar surface area (TPSA) is 75.8 Å². The van der Waals surface area contributed by atoms with E-state index in [9.17, 15) is 4.79 Å². The molecule has 1 aromatic rings. The molecule has 0 aliphatic carbocycles. The second-order valence-corrected chi connectivity index (χ2v) is 4.36. The molecule has 0 spiro atoms. The van der Waals surface area contributed by atoms with Gasteiger partial charge in [0.2, 0.25) is 0 Å². The molecule has 0 aromatic heterocycles. The maximum Gasteiger partial charge on any atom is 0.304 e. The quantitative estimate of drug-likeness (QED) is 0.745. The highest BCUT2D eigenvalue weighted by Gasteiger charge is 2.08. The summed E-state index contributed by atoms with van der Waals surface area (Å²) in [7, 11) is 1.63. The molecule has 0 atom stereocenters. The summed E-state index contributed by atoms with van der Waals surface area (Å²) in [4.78, 5) is 12.7. The monoisotopic (exact) mass is 266 g/mol. The molecule has 0 bridgehead atoms. The lowest BCUT2D eigenvalue weighted by atomic mass is 10.1. The van der Waals surface area contributed by atoms with Crippen molar-refractivity contribution in [2.24, 2.45) is 5.73 Å². The molecule has 0 amide bonds. The highest BCUT2D eigenvalue weighted by atomic mass is 16.5. The van der Waals surface area contributed by atoms with Crippen molar-refractivity contribution >= 4 is 5.97 Å². The molecule has 0 heterocycles. The van der Waals surface area contributed by atoms with E-state index in [0.717, 1.165) is 23.4 Å². The second-order valence-electron chi connectivity index (χ2n) is 4.36. The molecule has 0 radical (unpaired) electrons. The molecule has 1 rings (SSSR count).